The molecule has 2 nitrogen and oxygen atoms in total. The Labute approximate surface area is 87.2 Å². The van der Waals surface area contributed by atoms with E-state index in [0.29, 0.717) is 12.5 Å². The third-order valence-electron chi connectivity index (χ3n) is 1.92. The molecule has 1 radical (unpaired) electrons. The maximum atomic E-state index is 10.0. The van der Waals surface area contributed by atoms with Gasteiger partial charge in [-0.15, -0.1) is 4.52 Å². The van der Waals surface area contributed by atoms with Crippen LogP contribution in [0.3, 0.4) is 0 Å². The van der Waals surface area contributed by atoms with E-state index in [0.717, 1.165) is 6.42 Å². The molecule has 0 aliphatic carbocycles. The van der Waals surface area contributed by atoms with Crippen LogP contribution in [0.2, 0.25) is 0 Å². The topological polar surface area (TPSA) is 26.3 Å². The normalized spacial score (nSPS) is 12.5. The molecular weight excluding hydrogens is 215 g/mol. The fourth-order valence-corrected chi connectivity index (χ4v) is 1.35. The molecule has 0 aromatic heterocycles. The molecule has 0 fully saturated rings. The molecule has 0 N–H and O–H groups in total. The van der Waals surface area contributed by atoms with E-state index in [2.05, 4.69) is 13.8 Å². The van der Waals surface area contributed by atoms with Gasteiger partial charge in [-0.05, 0) is 16.9 Å². The van der Waals surface area contributed by atoms with Crippen LogP contribution in [0, 0.1) is 5.92 Å². The van der Waals surface area contributed by atoms with Crippen LogP contribution in [0.5, 0.6) is 0 Å². The smallest absolute Gasteiger partial charge is 0.148 e. The zero-order valence-corrected chi connectivity index (χ0v) is 9.89. The first-order valence-electron chi connectivity index (χ1n) is 4.34. The molecule has 71 valence electrons. The van der Waals surface area contributed by atoms with Crippen molar-refractivity contribution in [2.75, 3.05) is 6.61 Å². The van der Waals surface area contributed by atoms with E-state index >= 15 is 0 Å². The minimum absolute atomic E-state index is 0. The molecule has 0 amide bonds. The molecule has 0 aromatic carbocycles. The van der Waals surface area contributed by atoms with Crippen molar-refractivity contribution in [2.45, 2.75) is 39.5 Å². The predicted octanol–water partition coefficient (Wildman–Crippen LogP) is 3.16. The standard InChI is InChI=1S/C8H18O2P.Fe/c1-3-5-6-8(4-2)7-10-11-9;/h8,11H,3-7H2,1-2H3;/q+1;+3. The van der Waals surface area contributed by atoms with Crippen LogP contribution in [-0.4, -0.2) is 6.61 Å². The first-order valence-corrected chi connectivity index (χ1v) is 5.15. The van der Waals surface area contributed by atoms with Crippen molar-refractivity contribution in [2.24, 2.45) is 5.92 Å². The number of hydrogen-bond acceptors (Lipinski definition) is 2. The molecule has 0 aliphatic rings. The molecule has 4 heteroatoms. The Kier molecular flexibility index (Phi) is 14.5. The summed E-state index contributed by atoms with van der Waals surface area (Å²) >= 11 is 0. The maximum absolute atomic E-state index is 10.0. The van der Waals surface area contributed by atoms with Crippen molar-refractivity contribution >= 4 is 8.69 Å². The average molecular weight is 233 g/mol. The van der Waals surface area contributed by atoms with Gasteiger partial charge in [0.2, 0.25) is 0 Å². The Bertz CT molecular complexity index is 101. The van der Waals surface area contributed by atoms with Gasteiger partial charge in [-0.1, -0.05) is 33.1 Å². The third kappa shape index (κ3) is 8.67. The number of unbranched alkanes of at least 4 members (excludes halogenated alkanes) is 1. The van der Waals surface area contributed by atoms with Gasteiger partial charge in [0, 0.05) is 0 Å². The van der Waals surface area contributed by atoms with Crippen LogP contribution in [0.25, 0.3) is 0 Å². The summed E-state index contributed by atoms with van der Waals surface area (Å²) in [6.07, 6.45) is 4.82. The van der Waals surface area contributed by atoms with Crippen molar-refractivity contribution in [3.63, 3.8) is 0 Å². The summed E-state index contributed by atoms with van der Waals surface area (Å²) in [5.74, 6) is 0.608. The summed E-state index contributed by atoms with van der Waals surface area (Å²) in [4.78, 5) is 0. The van der Waals surface area contributed by atoms with Crippen LogP contribution in [-0.2, 0) is 26.2 Å². The van der Waals surface area contributed by atoms with Gasteiger partial charge in [-0.3, -0.25) is 0 Å². The van der Waals surface area contributed by atoms with E-state index in [-0.39, 0.29) is 17.1 Å². The minimum Gasteiger partial charge on any atom is -0.148 e. The zero-order chi connectivity index (χ0) is 8.53. The van der Waals surface area contributed by atoms with Gasteiger partial charge in [0.05, 0.1) is 0 Å². The summed E-state index contributed by atoms with van der Waals surface area (Å²) in [7, 11) is -0.591. The fraction of sp³-hybridized carbons (Fsp3) is 1.00. The van der Waals surface area contributed by atoms with Crippen LogP contribution < -0.4 is 0 Å². The maximum Gasteiger partial charge on any atom is 3.00 e. The van der Waals surface area contributed by atoms with Crippen molar-refractivity contribution in [3.8, 4) is 0 Å². The predicted molar refractivity (Wildman–Crippen MR) is 48.3 cm³/mol. The van der Waals surface area contributed by atoms with Gasteiger partial charge < -0.3 is 0 Å². The number of rotatable bonds is 7. The first kappa shape index (κ1) is 15.1. The van der Waals surface area contributed by atoms with Gasteiger partial charge in [0.15, 0.2) is 0 Å². The van der Waals surface area contributed by atoms with Gasteiger partial charge in [0.25, 0.3) is 0 Å². The monoisotopic (exact) mass is 233 g/mol. The van der Waals surface area contributed by atoms with Crippen LogP contribution in [0.1, 0.15) is 39.5 Å². The van der Waals surface area contributed by atoms with Crippen molar-refractivity contribution in [3.05, 3.63) is 0 Å². The molecule has 0 saturated heterocycles. The van der Waals surface area contributed by atoms with E-state index in [1.54, 1.807) is 0 Å². The molecule has 2 atom stereocenters. The molecule has 0 saturated carbocycles. The van der Waals surface area contributed by atoms with E-state index in [4.69, 9.17) is 4.52 Å². The Morgan fingerprint density at radius 1 is 1.42 bits per heavy atom. The van der Waals surface area contributed by atoms with Gasteiger partial charge >= 0.3 is 25.8 Å². The summed E-state index contributed by atoms with van der Waals surface area (Å²) in [6.45, 7) is 5.00. The van der Waals surface area contributed by atoms with Crippen LogP contribution in [0.15, 0.2) is 0 Å². The van der Waals surface area contributed by atoms with Crippen molar-refractivity contribution in [1.82, 2.24) is 0 Å². The third-order valence-corrected chi connectivity index (χ3v) is 2.21. The molecular formula is C8H18FeO2P+4. The average Bonchev–Trinajstić information content (AvgIpc) is 2.05. The van der Waals surface area contributed by atoms with E-state index in [1.807, 2.05) is 0 Å². The number of hydrogen-bond donors (Lipinski definition) is 0. The van der Waals surface area contributed by atoms with Crippen LogP contribution >= 0.6 is 8.69 Å². The molecule has 0 bridgehead atoms. The van der Waals surface area contributed by atoms with Crippen LogP contribution in [0.4, 0.5) is 0 Å². The molecule has 2 unspecified atom stereocenters. The molecule has 0 rings (SSSR count). The Balaban J connectivity index is 0. The molecule has 0 aliphatic heterocycles. The Morgan fingerprint density at radius 2 is 2.08 bits per heavy atom. The summed E-state index contributed by atoms with van der Waals surface area (Å²) in [5.41, 5.74) is 0. The van der Waals surface area contributed by atoms with E-state index < -0.39 is 8.69 Å². The molecule has 0 heterocycles. The van der Waals surface area contributed by atoms with Crippen molar-refractivity contribution in [1.29, 1.82) is 0 Å². The fourth-order valence-electron chi connectivity index (χ4n) is 1.05. The summed E-state index contributed by atoms with van der Waals surface area (Å²) < 4.78 is 14.9. The zero-order valence-electron chi connectivity index (χ0n) is 7.78. The van der Waals surface area contributed by atoms with E-state index in [9.17, 15) is 4.57 Å². The Hall–Kier alpha value is 0.579. The minimum atomic E-state index is -0.591. The van der Waals surface area contributed by atoms with E-state index in [1.165, 1.54) is 19.3 Å². The second-order valence-electron chi connectivity index (χ2n) is 2.81. The quantitative estimate of drug-likeness (QED) is 0.498. The summed E-state index contributed by atoms with van der Waals surface area (Å²) in [6, 6.07) is 0. The molecule has 0 spiro atoms. The molecule has 0 aromatic rings. The second-order valence-corrected chi connectivity index (χ2v) is 3.27. The first-order chi connectivity index (χ1) is 5.35. The SMILES string of the molecule is CCCCC(CC)CO[PH+]=O.[Fe+3]. The largest absolute Gasteiger partial charge is 3.00 e. The molecule has 12 heavy (non-hydrogen) atoms. The summed E-state index contributed by atoms with van der Waals surface area (Å²) in [5, 5.41) is 0. The van der Waals surface area contributed by atoms with Gasteiger partial charge in [-0.25, -0.2) is 0 Å². The van der Waals surface area contributed by atoms with Gasteiger partial charge in [-0.2, -0.15) is 0 Å². The van der Waals surface area contributed by atoms with Crippen molar-refractivity contribution < 1.29 is 26.2 Å². The second kappa shape index (κ2) is 11.6. The Morgan fingerprint density at radius 3 is 2.50 bits per heavy atom. The van der Waals surface area contributed by atoms with Gasteiger partial charge in [0.1, 0.15) is 6.61 Å².